The van der Waals surface area contributed by atoms with E-state index in [1.54, 1.807) is 12.5 Å². The average molecular weight is 189 g/mol. The van der Waals surface area contributed by atoms with Gasteiger partial charge in [-0.15, -0.1) is 11.6 Å². The molecule has 70 valence electrons. The molecule has 0 aliphatic carbocycles. The van der Waals surface area contributed by atoms with Gasteiger partial charge in [0.15, 0.2) is 0 Å². The van der Waals surface area contributed by atoms with E-state index in [-0.39, 0.29) is 0 Å². The summed E-state index contributed by atoms with van der Waals surface area (Å²) in [5.41, 5.74) is 0. The molecule has 0 spiro atoms. The number of aromatic nitrogens is 2. The van der Waals surface area contributed by atoms with Crippen molar-refractivity contribution >= 4 is 11.6 Å². The number of halogens is 1. The van der Waals surface area contributed by atoms with Crippen LogP contribution in [-0.4, -0.2) is 15.4 Å². The summed E-state index contributed by atoms with van der Waals surface area (Å²) in [7, 11) is 0. The molecule has 0 saturated heterocycles. The molecule has 1 rings (SSSR count). The Hall–Kier alpha value is -0.500. The Kier molecular flexibility index (Phi) is 8.24. The van der Waals surface area contributed by atoms with Crippen molar-refractivity contribution in [3.8, 4) is 0 Å². The molecule has 2 nitrogen and oxygen atoms in total. The summed E-state index contributed by atoms with van der Waals surface area (Å²) < 4.78 is 2.01. The summed E-state index contributed by atoms with van der Waals surface area (Å²) in [4.78, 5) is 3.86. The van der Waals surface area contributed by atoms with Gasteiger partial charge in [0.25, 0.3) is 0 Å². The van der Waals surface area contributed by atoms with Crippen LogP contribution in [0.1, 0.15) is 26.7 Å². The van der Waals surface area contributed by atoms with E-state index in [2.05, 4.69) is 18.8 Å². The first-order valence-electron chi connectivity index (χ1n) is 4.36. The minimum absolute atomic E-state index is 0.816. The lowest BCUT2D eigenvalue weighted by atomic mass is 10.4. The van der Waals surface area contributed by atoms with Crippen molar-refractivity contribution in [1.82, 2.24) is 9.55 Å². The van der Waals surface area contributed by atoms with Crippen molar-refractivity contribution in [2.45, 2.75) is 33.2 Å². The van der Waals surface area contributed by atoms with Crippen LogP contribution in [0.3, 0.4) is 0 Å². The molecule has 0 bridgehead atoms. The van der Waals surface area contributed by atoms with Crippen molar-refractivity contribution in [2.24, 2.45) is 0 Å². The molecule has 1 aromatic rings. The normalized spacial score (nSPS) is 8.92. The van der Waals surface area contributed by atoms with Crippen LogP contribution in [0.25, 0.3) is 0 Å². The van der Waals surface area contributed by atoms with Gasteiger partial charge in [0.1, 0.15) is 0 Å². The molecule has 0 aliphatic heterocycles. The highest BCUT2D eigenvalue weighted by Crippen LogP contribution is 1.86. The molecule has 0 unspecified atom stereocenters. The van der Waals surface area contributed by atoms with Gasteiger partial charge in [-0.1, -0.05) is 13.3 Å². The molecule has 12 heavy (non-hydrogen) atoms. The number of hydrogen-bond acceptors (Lipinski definition) is 1. The third kappa shape index (κ3) is 6.23. The van der Waals surface area contributed by atoms with Crippen LogP contribution >= 0.6 is 11.6 Å². The summed E-state index contributed by atoms with van der Waals surface area (Å²) in [6.07, 6.45) is 7.90. The van der Waals surface area contributed by atoms with E-state index in [9.17, 15) is 0 Å². The number of aryl methyl sites for hydroxylation is 1. The fraction of sp³-hybridized carbons (Fsp3) is 0.667. The summed E-state index contributed by atoms with van der Waals surface area (Å²) in [5, 5.41) is 0. The smallest absolute Gasteiger partial charge is 0.0945 e. The van der Waals surface area contributed by atoms with E-state index < -0.39 is 0 Å². The lowest BCUT2D eigenvalue weighted by Gasteiger charge is -1.87. The number of hydrogen-bond donors (Lipinski definition) is 0. The highest BCUT2D eigenvalue weighted by molar-refractivity contribution is 6.17. The molecular formula is C9H17ClN2. The van der Waals surface area contributed by atoms with E-state index in [1.165, 1.54) is 6.42 Å². The standard InChI is InChI=1S/C5H8N2.C4H9Cl/c1-2-7-4-3-6-5-7;1-2-3-4-5/h3-5H,2H2,1H3;2-4H2,1H3. The van der Waals surface area contributed by atoms with Gasteiger partial charge in [0, 0.05) is 24.8 Å². The molecule has 0 atom stereocenters. The van der Waals surface area contributed by atoms with Gasteiger partial charge in [-0.05, 0) is 13.3 Å². The van der Waals surface area contributed by atoms with Crippen LogP contribution in [-0.2, 0) is 6.54 Å². The first-order valence-corrected chi connectivity index (χ1v) is 4.90. The second-order valence-corrected chi connectivity index (χ2v) is 2.81. The van der Waals surface area contributed by atoms with Crippen molar-refractivity contribution in [1.29, 1.82) is 0 Å². The minimum Gasteiger partial charge on any atom is -0.338 e. The van der Waals surface area contributed by atoms with Crippen LogP contribution in [0, 0.1) is 0 Å². The molecule has 3 heteroatoms. The maximum atomic E-state index is 5.30. The van der Waals surface area contributed by atoms with Gasteiger partial charge in [-0.25, -0.2) is 4.98 Å². The van der Waals surface area contributed by atoms with Crippen molar-refractivity contribution in [3.63, 3.8) is 0 Å². The molecule has 0 radical (unpaired) electrons. The van der Waals surface area contributed by atoms with Gasteiger partial charge in [0.05, 0.1) is 6.33 Å². The maximum Gasteiger partial charge on any atom is 0.0945 e. The van der Waals surface area contributed by atoms with Crippen LogP contribution in [0.4, 0.5) is 0 Å². The van der Waals surface area contributed by atoms with E-state index in [1.807, 2.05) is 10.8 Å². The Balaban J connectivity index is 0.000000217. The SMILES string of the molecule is CCCCCl.CCn1ccnc1. The Morgan fingerprint density at radius 2 is 2.17 bits per heavy atom. The molecule has 0 saturated carbocycles. The van der Waals surface area contributed by atoms with E-state index in [0.29, 0.717) is 0 Å². The van der Waals surface area contributed by atoms with Crippen LogP contribution in [0.2, 0.25) is 0 Å². The molecule has 1 aromatic heterocycles. The predicted octanol–water partition coefficient (Wildman–Crippen LogP) is 2.93. The van der Waals surface area contributed by atoms with Crippen LogP contribution < -0.4 is 0 Å². The number of imidazole rings is 1. The molecule has 0 fully saturated rings. The Morgan fingerprint density at radius 3 is 2.33 bits per heavy atom. The van der Waals surface area contributed by atoms with E-state index >= 15 is 0 Å². The summed E-state index contributed by atoms with van der Waals surface area (Å²) in [6, 6.07) is 0. The Bertz CT molecular complexity index is 159. The number of nitrogens with zero attached hydrogens (tertiary/aromatic N) is 2. The average Bonchev–Trinajstić information content (AvgIpc) is 2.58. The monoisotopic (exact) mass is 188 g/mol. The maximum absolute atomic E-state index is 5.30. The minimum atomic E-state index is 0.816. The zero-order valence-electron chi connectivity index (χ0n) is 7.83. The fourth-order valence-electron chi connectivity index (χ4n) is 0.607. The van der Waals surface area contributed by atoms with Gasteiger partial charge in [0.2, 0.25) is 0 Å². The Morgan fingerprint density at radius 1 is 1.42 bits per heavy atom. The van der Waals surface area contributed by atoms with Crippen LogP contribution in [0.5, 0.6) is 0 Å². The second kappa shape index (κ2) is 8.60. The van der Waals surface area contributed by atoms with E-state index in [0.717, 1.165) is 18.8 Å². The van der Waals surface area contributed by atoms with Gasteiger partial charge in [-0.3, -0.25) is 0 Å². The molecule has 1 heterocycles. The summed E-state index contributed by atoms with van der Waals surface area (Å²) in [6.45, 7) is 5.23. The fourth-order valence-corrected chi connectivity index (χ4v) is 0.875. The zero-order valence-corrected chi connectivity index (χ0v) is 8.59. The van der Waals surface area contributed by atoms with Gasteiger partial charge < -0.3 is 4.57 Å². The third-order valence-electron chi connectivity index (χ3n) is 1.41. The number of unbranched alkanes of at least 4 members (excludes halogenated alkanes) is 1. The predicted molar refractivity (Wildman–Crippen MR) is 53.5 cm³/mol. The number of rotatable bonds is 3. The quantitative estimate of drug-likeness (QED) is 0.667. The lowest BCUT2D eigenvalue weighted by Crippen LogP contribution is -1.85. The molecular weight excluding hydrogens is 172 g/mol. The second-order valence-electron chi connectivity index (χ2n) is 2.44. The van der Waals surface area contributed by atoms with Crippen molar-refractivity contribution in [2.75, 3.05) is 5.88 Å². The molecule has 0 aliphatic rings. The van der Waals surface area contributed by atoms with Gasteiger partial charge >= 0.3 is 0 Å². The molecule has 0 aromatic carbocycles. The summed E-state index contributed by atoms with van der Waals surface area (Å²) >= 11 is 5.30. The van der Waals surface area contributed by atoms with Crippen molar-refractivity contribution < 1.29 is 0 Å². The number of alkyl halides is 1. The largest absolute Gasteiger partial charge is 0.338 e. The lowest BCUT2D eigenvalue weighted by molar-refractivity contribution is 0.761. The molecule has 0 amide bonds. The highest BCUT2D eigenvalue weighted by Gasteiger charge is 1.77. The molecule has 0 N–H and O–H groups in total. The highest BCUT2D eigenvalue weighted by atomic mass is 35.5. The topological polar surface area (TPSA) is 17.8 Å². The third-order valence-corrected chi connectivity index (χ3v) is 1.68. The van der Waals surface area contributed by atoms with E-state index in [4.69, 9.17) is 11.6 Å². The first kappa shape index (κ1) is 11.5. The Labute approximate surface area is 79.6 Å². The zero-order chi connectivity index (χ0) is 9.23. The van der Waals surface area contributed by atoms with Gasteiger partial charge in [-0.2, -0.15) is 0 Å². The summed E-state index contributed by atoms with van der Waals surface area (Å²) in [5.74, 6) is 0.816. The van der Waals surface area contributed by atoms with Crippen LogP contribution in [0.15, 0.2) is 18.7 Å². The van der Waals surface area contributed by atoms with Crippen molar-refractivity contribution in [3.05, 3.63) is 18.7 Å². The first-order chi connectivity index (χ1) is 5.85.